The number of carbonyl (C=O) groups excluding carboxylic acids is 1. The number of carbonyl (C=O) groups is 1. The maximum absolute atomic E-state index is 11.9. The first-order valence-corrected chi connectivity index (χ1v) is 6.15. The zero-order valence-corrected chi connectivity index (χ0v) is 11.4. The minimum Gasteiger partial charge on any atom is -0.274 e. The molecule has 0 aliphatic rings. The van der Waals surface area contributed by atoms with Crippen LogP contribution in [0.1, 0.15) is 6.92 Å². The van der Waals surface area contributed by atoms with E-state index in [4.69, 9.17) is 0 Å². The molecule has 0 unspecified atom stereocenters. The standard InChI is InChI=1S/C13H11N3O3S/c1-9(17)15(10-5-2-3-7-12(10)20)13-11(16(18)19)6-4-8-14-13/h2-8,20H,1H3. The van der Waals surface area contributed by atoms with Crippen LogP contribution in [0.25, 0.3) is 0 Å². The molecule has 1 heterocycles. The second-order valence-corrected chi connectivity index (χ2v) is 4.43. The largest absolute Gasteiger partial charge is 0.312 e. The van der Waals surface area contributed by atoms with Crippen LogP contribution in [0.2, 0.25) is 0 Å². The number of thiol groups is 1. The lowest BCUT2D eigenvalue weighted by atomic mass is 10.2. The van der Waals surface area contributed by atoms with E-state index in [1.165, 1.54) is 30.2 Å². The van der Waals surface area contributed by atoms with E-state index in [2.05, 4.69) is 17.6 Å². The molecule has 0 radical (unpaired) electrons. The monoisotopic (exact) mass is 289 g/mol. The van der Waals surface area contributed by atoms with Gasteiger partial charge in [-0.1, -0.05) is 12.1 Å². The number of anilines is 2. The Hall–Kier alpha value is -2.41. The molecular weight excluding hydrogens is 278 g/mol. The summed E-state index contributed by atoms with van der Waals surface area (Å²) in [6.45, 7) is 1.32. The molecule has 0 spiro atoms. The summed E-state index contributed by atoms with van der Waals surface area (Å²) < 4.78 is 0. The molecule has 0 bridgehead atoms. The zero-order valence-electron chi connectivity index (χ0n) is 10.6. The number of rotatable bonds is 3. The summed E-state index contributed by atoms with van der Waals surface area (Å²) in [7, 11) is 0. The van der Waals surface area contributed by atoms with Crippen molar-refractivity contribution in [2.75, 3.05) is 4.90 Å². The smallest absolute Gasteiger partial charge is 0.274 e. The quantitative estimate of drug-likeness (QED) is 0.535. The van der Waals surface area contributed by atoms with Crippen molar-refractivity contribution in [1.82, 2.24) is 4.98 Å². The molecular formula is C13H11N3O3S. The number of hydrogen-bond donors (Lipinski definition) is 1. The van der Waals surface area contributed by atoms with Crippen molar-refractivity contribution in [3.05, 3.63) is 52.7 Å². The number of amides is 1. The molecule has 1 aromatic carbocycles. The van der Waals surface area contributed by atoms with Gasteiger partial charge in [-0.2, -0.15) is 0 Å². The summed E-state index contributed by atoms with van der Waals surface area (Å²) in [5, 5.41) is 11.1. The van der Waals surface area contributed by atoms with Gasteiger partial charge in [0.15, 0.2) is 0 Å². The molecule has 2 rings (SSSR count). The molecule has 2 aromatic rings. The third kappa shape index (κ3) is 2.62. The van der Waals surface area contributed by atoms with Crippen LogP contribution in [0.15, 0.2) is 47.5 Å². The Balaban J connectivity index is 2.65. The topological polar surface area (TPSA) is 76.3 Å². The van der Waals surface area contributed by atoms with Gasteiger partial charge in [0.05, 0.1) is 10.6 Å². The highest BCUT2D eigenvalue weighted by atomic mass is 32.1. The van der Waals surface area contributed by atoms with Crippen molar-refractivity contribution in [2.45, 2.75) is 11.8 Å². The van der Waals surface area contributed by atoms with E-state index in [1.807, 2.05) is 0 Å². The van der Waals surface area contributed by atoms with Gasteiger partial charge in [0.2, 0.25) is 11.7 Å². The predicted octanol–water partition coefficient (Wildman–Crippen LogP) is 2.96. The first kappa shape index (κ1) is 14.0. The Kier molecular flexibility index (Phi) is 3.99. The second kappa shape index (κ2) is 5.70. The van der Waals surface area contributed by atoms with E-state index in [9.17, 15) is 14.9 Å². The van der Waals surface area contributed by atoms with E-state index in [1.54, 1.807) is 24.3 Å². The summed E-state index contributed by atoms with van der Waals surface area (Å²) in [6, 6.07) is 9.59. The van der Waals surface area contributed by atoms with Crippen LogP contribution in [-0.2, 0) is 4.79 Å². The van der Waals surface area contributed by atoms with Crippen LogP contribution < -0.4 is 4.90 Å². The molecule has 0 fully saturated rings. The maximum Gasteiger partial charge on any atom is 0.312 e. The highest BCUT2D eigenvalue weighted by Crippen LogP contribution is 2.34. The molecule has 1 amide bonds. The Morgan fingerprint density at radius 3 is 2.60 bits per heavy atom. The molecule has 0 saturated heterocycles. The number of aromatic nitrogens is 1. The van der Waals surface area contributed by atoms with Crippen LogP contribution in [0.3, 0.4) is 0 Å². The summed E-state index contributed by atoms with van der Waals surface area (Å²) in [6.07, 6.45) is 1.40. The fraction of sp³-hybridized carbons (Fsp3) is 0.0769. The molecule has 0 saturated carbocycles. The number of para-hydroxylation sites is 1. The van der Waals surface area contributed by atoms with Gasteiger partial charge in [-0.3, -0.25) is 19.8 Å². The Morgan fingerprint density at radius 2 is 2.00 bits per heavy atom. The number of nitrogens with zero attached hydrogens (tertiary/aromatic N) is 3. The number of benzene rings is 1. The van der Waals surface area contributed by atoms with Crippen LogP contribution in [0, 0.1) is 10.1 Å². The Labute approximate surface area is 120 Å². The number of pyridine rings is 1. The van der Waals surface area contributed by atoms with Gasteiger partial charge < -0.3 is 0 Å². The maximum atomic E-state index is 11.9. The van der Waals surface area contributed by atoms with Crippen LogP contribution >= 0.6 is 12.6 Å². The average Bonchev–Trinajstić information content (AvgIpc) is 2.41. The lowest BCUT2D eigenvalue weighted by Crippen LogP contribution is -2.25. The van der Waals surface area contributed by atoms with Crippen molar-refractivity contribution >= 4 is 35.7 Å². The van der Waals surface area contributed by atoms with Gasteiger partial charge in [-0.05, 0) is 18.2 Å². The lowest BCUT2D eigenvalue weighted by molar-refractivity contribution is -0.384. The molecule has 0 aliphatic carbocycles. The van der Waals surface area contributed by atoms with Crippen molar-refractivity contribution in [3.8, 4) is 0 Å². The highest BCUT2D eigenvalue weighted by Gasteiger charge is 2.25. The van der Waals surface area contributed by atoms with E-state index in [-0.39, 0.29) is 17.4 Å². The fourth-order valence-corrected chi connectivity index (χ4v) is 2.05. The molecule has 7 heteroatoms. The van der Waals surface area contributed by atoms with Gasteiger partial charge in [-0.15, -0.1) is 12.6 Å². The van der Waals surface area contributed by atoms with Crippen molar-refractivity contribution in [2.24, 2.45) is 0 Å². The van der Waals surface area contributed by atoms with Crippen molar-refractivity contribution in [1.29, 1.82) is 0 Å². The number of nitro groups is 1. The van der Waals surface area contributed by atoms with E-state index in [0.717, 1.165) is 0 Å². The molecule has 20 heavy (non-hydrogen) atoms. The Bertz CT molecular complexity index is 675. The summed E-state index contributed by atoms with van der Waals surface area (Å²) in [5.41, 5.74) is 0.212. The van der Waals surface area contributed by atoms with Gasteiger partial charge in [0.1, 0.15) is 0 Å². The van der Waals surface area contributed by atoms with E-state index < -0.39 is 4.92 Å². The molecule has 0 N–H and O–H groups in total. The summed E-state index contributed by atoms with van der Waals surface area (Å²) >= 11 is 4.28. The zero-order chi connectivity index (χ0) is 14.7. The third-order valence-electron chi connectivity index (χ3n) is 2.61. The van der Waals surface area contributed by atoms with E-state index >= 15 is 0 Å². The third-order valence-corrected chi connectivity index (χ3v) is 2.99. The van der Waals surface area contributed by atoms with E-state index in [0.29, 0.717) is 10.6 Å². The molecule has 1 aromatic heterocycles. The lowest BCUT2D eigenvalue weighted by Gasteiger charge is -2.21. The molecule has 0 aliphatic heterocycles. The second-order valence-electron chi connectivity index (χ2n) is 3.95. The molecule has 6 nitrogen and oxygen atoms in total. The van der Waals surface area contributed by atoms with Crippen LogP contribution in [0.5, 0.6) is 0 Å². The van der Waals surface area contributed by atoms with Gasteiger partial charge in [0.25, 0.3) is 0 Å². The van der Waals surface area contributed by atoms with Crippen LogP contribution in [0.4, 0.5) is 17.2 Å². The predicted molar refractivity (Wildman–Crippen MR) is 77.4 cm³/mol. The number of hydrogen-bond acceptors (Lipinski definition) is 5. The molecule has 102 valence electrons. The average molecular weight is 289 g/mol. The van der Waals surface area contributed by atoms with Gasteiger partial charge in [-0.25, -0.2) is 4.98 Å². The first-order valence-electron chi connectivity index (χ1n) is 5.70. The van der Waals surface area contributed by atoms with Crippen LogP contribution in [-0.4, -0.2) is 15.8 Å². The normalized spacial score (nSPS) is 10.1. The SMILES string of the molecule is CC(=O)N(c1ccccc1S)c1ncccc1[N+](=O)[O-]. The summed E-state index contributed by atoms with van der Waals surface area (Å²) in [4.78, 5) is 28.1. The molecule has 0 atom stereocenters. The van der Waals surface area contributed by atoms with Crippen molar-refractivity contribution < 1.29 is 9.72 Å². The minimum absolute atomic E-state index is 0.0218. The highest BCUT2D eigenvalue weighted by molar-refractivity contribution is 7.80. The fourth-order valence-electron chi connectivity index (χ4n) is 1.79. The minimum atomic E-state index is -0.570. The first-order chi connectivity index (χ1) is 9.52. The Morgan fingerprint density at radius 1 is 1.30 bits per heavy atom. The summed E-state index contributed by atoms with van der Waals surface area (Å²) in [5.74, 6) is -0.403. The van der Waals surface area contributed by atoms with Gasteiger partial charge >= 0.3 is 5.69 Å². The van der Waals surface area contributed by atoms with Gasteiger partial charge in [0, 0.05) is 24.1 Å². The van der Waals surface area contributed by atoms with Crippen molar-refractivity contribution in [3.63, 3.8) is 0 Å².